The van der Waals surface area contributed by atoms with Crippen LogP contribution in [0.4, 0.5) is 5.95 Å². The van der Waals surface area contributed by atoms with E-state index < -0.39 is 0 Å². The summed E-state index contributed by atoms with van der Waals surface area (Å²) in [5.74, 6) is 1.33. The molecule has 0 bridgehead atoms. The molecule has 2 atom stereocenters. The van der Waals surface area contributed by atoms with Gasteiger partial charge in [-0.1, -0.05) is 30.3 Å². The van der Waals surface area contributed by atoms with Gasteiger partial charge in [0.1, 0.15) is 0 Å². The predicted molar refractivity (Wildman–Crippen MR) is 89.9 cm³/mol. The average Bonchev–Trinajstić information content (AvgIpc) is 2.51. The van der Waals surface area contributed by atoms with Crippen LogP contribution in [-0.4, -0.2) is 41.0 Å². The summed E-state index contributed by atoms with van der Waals surface area (Å²) in [5.41, 5.74) is 2.41. The lowest BCUT2D eigenvalue weighted by atomic mass is 9.87. The highest BCUT2D eigenvalue weighted by molar-refractivity contribution is 5.28. The van der Waals surface area contributed by atoms with E-state index >= 15 is 0 Å². The number of piperidine rings is 1. The van der Waals surface area contributed by atoms with Gasteiger partial charge in [-0.25, -0.2) is 9.97 Å². The lowest BCUT2D eigenvalue weighted by Crippen LogP contribution is -2.45. The van der Waals surface area contributed by atoms with E-state index in [1.54, 1.807) is 0 Å². The van der Waals surface area contributed by atoms with Gasteiger partial charge in [-0.15, -0.1) is 0 Å². The maximum atomic E-state index is 4.49. The number of aromatic nitrogens is 2. The quantitative estimate of drug-likeness (QED) is 0.942. The van der Waals surface area contributed by atoms with Gasteiger partial charge < -0.3 is 10.2 Å². The Kier molecular flexibility index (Phi) is 4.68. The van der Waals surface area contributed by atoms with Gasteiger partial charge in [-0.05, 0) is 50.9 Å². The van der Waals surface area contributed by atoms with Gasteiger partial charge in [0.2, 0.25) is 5.95 Å². The molecular formula is C18H24N4. The van der Waals surface area contributed by atoms with E-state index in [9.17, 15) is 0 Å². The first-order valence-corrected chi connectivity index (χ1v) is 7.99. The van der Waals surface area contributed by atoms with Crippen molar-refractivity contribution in [3.8, 4) is 0 Å². The zero-order valence-electron chi connectivity index (χ0n) is 13.4. The Balaban J connectivity index is 1.72. The zero-order valence-corrected chi connectivity index (χ0v) is 13.4. The number of anilines is 1. The minimum absolute atomic E-state index is 0.429. The lowest BCUT2D eigenvalue weighted by molar-refractivity contribution is 0.193. The molecule has 3 rings (SSSR count). The normalized spacial score (nSPS) is 22.5. The second-order valence-corrected chi connectivity index (χ2v) is 6.27. The molecule has 1 aliphatic rings. The summed E-state index contributed by atoms with van der Waals surface area (Å²) in [4.78, 5) is 11.3. The third kappa shape index (κ3) is 3.83. The summed E-state index contributed by atoms with van der Waals surface area (Å²) in [6.07, 6.45) is 4.05. The molecule has 0 unspecified atom stereocenters. The summed E-state index contributed by atoms with van der Waals surface area (Å²) < 4.78 is 0. The molecule has 1 fully saturated rings. The second kappa shape index (κ2) is 6.88. The van der Waals surface area contributed by atoms with Crippen LogP contribution in [0.15, 0.2) is 42.6 Å². The Bertz CT molecular complexity index is 599. The van der Waals surface area contributed by atoms with E-state index in [1.807, 2.05) is 19.2 Å². The molecule has 1 aromatic carbocycles. The van der Waals surface area contributed by atoms with Crippen LogP contribution in [-0.2, 0) is 6.42 Å². The van der Waals surface area contributed by atoms with Crippen LogP contribution in [0, 0.1) is 12.8 Å². The number of hydrogen-bond donors (Lipinski definition) is 1. The van der Waals surface area contributed by atoms with Gasteiger partial charge in [0, 0.05) is 24.5 Å². The smallest absolute Gasteiger partial charge is 0.223 e. The van der Waals surface area contributed by atoms with Crippen molar-refractivity contribution >= 4 is 5.95 Å². The molecule has 4 nitrogen and oxygen atoms in total. The van der Waals surface area contributed by atoms with E-state index in [0.29, 0.717) is 12.0 Å². The SMILES string of the molecule is Cc1ccnc(N[C@@H]2CCN(C)C[C@@H]2Cc2ccccc2)n1. The molecule has 116 valence electrons. The van der Waals surface area contributed by atoms with Crippen LogP contribution in [0.2, 0.25) is 0 Å². The fourth-order valence-corrected chi connectivity index (χ4v) is 3.21. The fraction of sp³-hybridized carbons (Fsp3) is 0.444. The number of aryl methyl sites for hydroxylation is 1. The first-order chi connectivity index (χ1) is 10.7. The number of rotatable bonds is 4. The van der Waals surface area contributed by atoms with Crippen molar-refractivity contribution in [2.75, 3.05) is 25.5 Å². The van der Waals surface area contributed by atoms with Gasteiger partial charge in [0.05, 0.1) is 0 Å². The largest absolute Gasteiger partial charge is 0.351 e. The second-order valence-electron chi connectivity index (χ2n) is 6.27. The monoisotopic (exact) mass is 296 g/mol. The Labute approximate surface area is 132 Å². The van der Waals surface area contributed by atoms with Crippen molar-refractivity contribution in [3.63, 3.8) is 0 Å². The third-order valence-electron chi connectivity index (χ3n) is 4.39. The predicted octanol–water partition coefficient (Wildman–Crippen LogP) is 2.76. The molecule has 2 aromatic rings. The summed E-state index contributed by atoms with van der Waals surface area (Å²) in [6, 6.07) is 13.1. The maximum absolute atomic E-state index is 4.49. The van der Waals surface area contributed by atoms with Gasteiger partial charge >= 0.3 is 0 Å². The van der Waals surface area contributed by atoms with Gasteiger partial charge in [-0.3, -0.25) is 0 Å². The van der Waals surface area contributed by atoms with Crippen LogP contribution in [0.1, 0.15) is 17.7 Å². The summed E-state index contributed by atoms with van der Waals surface area (Å²) in [5, 5.41) is 3.56. The first kappa shape index (κ1) is 15.0. The summed E-state index contributed by atoms with van der Waals surface area (Å²) in [7, 11) is 2.21. The first-order valence-electron chi connectivity index (χ1n) is 7.99. The number of hydrogen-bond acceptors (Lipinski definition) is 4. The molecule has 1 aromatic heterocycles. The Hall–Kier alpha value is -1.94. The van der Waals surface area contributed by atoms with Crippen molar-refractivity contribution in [1.82, 2.24) is 14.9 Å². The third-order valence-corrected chi connectivity index (χ3v) is 4.39. The Morgan fingerprint density at radius 2 is 2.05 bits per heavy atom. The van der Waals surface area contributed by atoms with Gasteiger partial charge in [-0.2, -0.15) is 0 Å². The minimum Gasteiger partial charge on any atom is -0.351 e. The Morgan fingerprint density at radius 3 is 2.82 bits per heavy atom. The number of benzene rings is 1. The van der Waals surface area contributed by atoms with E-state index in [4.69, 9.17) is 0 Å². The van der Waals surface area contributed by atoms with Gasteiger partial charge in [0.15, 0.2) is 0 Å². The number of nitrogens with one attached hydrogen (secondary N) is 1. The number of likely N-dealkylation sites (tertiary alicyclic amines) is 1. The van der Waals surface area contributed by atoms with Crippen LogP contribution in [0.25, 0.3) is 0 Å². The molecule has 1 saturated heterocycles. The molecule has 2 heterocycles. The highest BCUT2D eigenvalue weighted by Crippen LogP contribution is 2.23. The summed E-state index contributed by atoms with van der Waals surface area (Å²) in [6.45, 7) is 4.23. The van der Waals surface area contributed by atoms with E-state index in [1.165, 1.54) is 5.56 Å². The lowest BCUT2D eigenvalue weighted by Gasteiger charge is -2.37. The number of nitrogens with zero attached hydrogens (tertiary/aromatic N) is 3. The van der Waals surface area contributed by atoms with Crippen LogP contribution in [0.5, 0.6) is 0 Å². The van der Waals surface area contributed by atoms with E-state index in [2.05, 4.69) is 57.6 Å². The molecule has 0 saturated carbocycles. The van der Waals surface area contributed by atoms with Crippen LogP contribution in [0.3, 0.4) is 0 Å². The summed E-state index contributed by atoms with van der Waals surface area (Å²) >= 11 is 0. The zero-order chi connectivity index (χ0) is 15.4. The van der Waals surface area contributed by atoms with Crippen molar-refractivity contribution < 1.29 is 0 Å². The average molecular weight is 296 g/mol. The van der Waals surface area contributed by atoms with Crippen molar-refractivity contribution in [1.29, 1.82) is 0 Å². The molecule has 1 aliphatic heterocycles. The molecular weight excluding hydrogens is 272 g/mol. The molecule has 0 amide bonds. The van der Waals surface area contributed by atoms with Gasteiger partial charge in [0.25, 0.3) is 0 Å². The van der Waals surface area contributed by atoms with Crippen molar-refractivity contribution in [2.24, 2.45) is 5.92 Å². The van der Waals surface area contributed by atoms with Crippen LogP contribution < -0.4 is 5.32 Å². The maximum Gasteiger partial charge on any atom is 0.223 e. The molecule has 4 heteroatoms. The highest BCUT2D eigenvalue weighted by atomic mass is 15.2. The Morgan fingerprint density at radius 1 is 1.23 bits per heavy atom. The topological polar surface area (TPSA) is 41.1 Å². The standard InChI is InChI=1S/C18H24N4/c1-14-8-10-19-18(20-14)21-17-9-11-22(2)13-16(17)12-15-6-4-3-5-7-15/h3-8,10,16-17H,9,11-13H2,1-2H3,(H,19,20,21)/t16-,17+/m0/s1. The van der Waals surface area contributed by atoms with Crippen molar-refractivity contribution in [3.05, 3.63) is 53.9 Å². The molecule has 0 aliphatic carbocycles. The fourth-order valence-electron chi connectivity index (χ4n) is 3.21. The molecule has 0 spiro atoms. The van der Waals surface area contributed by atoms with E-state index in [-0.39, 0.29) is 0 Å². The molecule has 0 radical (unpaired) electrons. The minimum atomic E-state index is 0.429. The highest BCUT2D eigenvalue weighted by Gasteiger charge is 2.28. The van der Waals surface area contributed by atoms with Crippen molar-refractivity contribution in [2.45, 2.75) is 25.8 Å². The molecule has 1 N–H and O–H groups in total. The molecule has 22 heavy (non-hydrogen) atoms. The van der Waals surface area contributed by atoms with E-state index in [0.717, 1.165) is 37.6 Å². The van der Waals surface area contributed by atoms with Crippen LogP contribution >= 0.6 is 0 Å².